The third kappa shape index (κ3) is 5.14. The van der Waals surface area contributed by atoms with Gasteiger partial charge in [0.05, 0.1) is 18.6 Å². The van der Waals surface area contributed by atoms with Crippen LogP contribution in [-0.2, 0) is 21.8 Å². The molecule has 8 heteroatoms. The third-order valence-electron chi connectivity index (χ3n) is 2.44. The highest BCUT2D eigenvalue weighted by Gasteiger charge is 2.33. The van der Waals surface area contributed by atoms with Gasteiger partial charge in [-0.15, -0.1) is 11.6 Å². The molecule has 114 valence electrons. The van der Waals surface area contributed by atoms with Crippen molar-refractivity contribution >= 4 is 29.3 Å². The molecule has 0 heterocycles. The first-order chi connectivity index (χ1) is 9.82. The Hall–Kier alpha value is -1.39. The van der Waals surface area contributed by atoms with E-state index >= 15 is 0 Å². The topological polar surface area (TPSA) is 50.1 Å². The van der Waals surface area contributed by atoms with Crippen LogP contribution in [0.25, 0.3) is 0 Å². The minimum Gasteiger partial charge on any atom is -0.466 e. The Balaban J connectivity index is 3.29. The van der Waals surface area contributed by atoms with E-state index in [0.717, 1.165) is 0 Å². The number of halogens is 4. The summed E-state index contributed by atoms with van der Waals surface area (Å²) in [6, 6.07) is 4.54. The Kier molecular flexibility index (Phi) is 6.37. The molecule has 1 rings (SSSR count). The van der Waals surface area contributed by atoms with Gasteiger partial charge >= 0.3 is 11.5 Å². The molecule has 0 N–H and O–H groups in total. The number of thioether (sulfide) groups is 1. The summed E-state index contributed by atoms with van der Waals surface area (Å²) in [5.41, 5.74) is -4.34. The predicted octanol–water partition coefficient (Wildman–Crippen LogP) is 4.01. The molecule has 0 aromatic heterocycles. The van der Waals surface area contributed by atoms with Crippen molar-refractivity contribution in [1.29, 1.82) is 5.26 Å². The SMILES string of the molecule is CCOC(=O)Cc1ccc(CCl)c(C#N)c1SC(F)(F)F. The van der Waals surface area contributed by atoms with Crippen LogP contribution in [0.15, 0.2) is 17.0 Å². The standard InChI is InChI=1S/C13H11ClF3NO2S/c1-2-20-11(19)5-8-3-4-9(6-14)10(7-18)12(8)21-13(15,16)17/h3-4H,2,5-6H2,1H3. The number of nitriles is 1. The molecular weight excluding hydrogens is 327 g/mol. The Labute approximate surface area is 129 Å². The van der Waals surface area contributed by atoms with Crippen molar-refractivity contribution < 1.29 is 22.7 Å². The minimum atomic E-state index is -4.57. The van der Waals surface area contributed by atoms with Gasteiger partial charge in [0.15, 0.2) is 0 Å². The van der Waals surface area contributed by atoms with E-state index in [1.807, 2.05) is 0 Å². The summed E-state index contributed by atoms with van der Waals surface area (Å²) in [5, 5.41) is 9.08. The first-order valence-electron chi connectivity index (χ1n) is 5.84. The number of hydrogen-bond acceptors (Lipinski definition) is 4. The summed E-state index contributed by atoms with van der Waals surface area (Å²) < 4.78 is 42.7. The lowest BCUT2D eigenvalue weighted by Crippen LogP contribution is -2.11. The number of esters is 1. The largest absolute Gasteiger partial charge is 0.466 e. The van der Waals surface area contributed by atoms with Crippen LogP contribution >= 0.6 is 23.4 Å². The van der Waals surface area contributed by atoms with Crippen LogP contribution in [0.3, 0.4) is 0 Å². The molecule has 0 amide bonds. The van der Waals surface area contributed by atoms with Crippen molar-refractivity contribution in [2.75, 3.05) is 6.61 Å². The minimum absolute atomic E-state index is 0.0893. The molecule has 0 atom stereocenters. The molecule has 21 heavy (non-hydrogen) atoms. The fraction of sp³-hybridized carbons (Fsp3) is 0.385. The lowest BCUT2D eigenvalue weighted by Gasteiger charge is -2.14. The maximum atomic E-state index is 12.7. The summed E-state index contributed by atoms with van der Waals surface area (Å²) in [4.78, 5) is 11.2. The summed E-state index contributed by atoms with van der Waals surface area (Å²) in [5.74, 6) is -0.738. The van der Waals surface area contributed by atoms with Crippen molar-refractivity contribution in [3.05, 3.63) is 28.8 Å². The van der Waals surface area contributed by atoms with E-state index in [1.54, 1.807) is 13.0 Å². The molecule has 0 aliphatic heterocycles. The van der Waals surface area contributed by atoms with Crippen LogP contribution in [0.5, 0.6) is 0 Å². The van der Waals surface area contributed by atoms with Gasteiger partial charge in [0.25, 0.3) is 0 Å². The summed E-state index contributed by atoms with van der Waals surface area (Å²) >= 11 is 5.21. The molecule has 0 fully saturated rings. The lowest BCUT2D eigenvalue weighted by molar-refractivity contribution is -0.142. The van der Waals surface area contributed by atoms with E-state index in [4.69, 9.17) is 21.6 Å². The molecule has 0 bridgehead atoms. The second-order valence-corrected chi connectivity index (χ2v) is 5.21. The fourth-order valence-electron chi connectivity index (χ4n) is 1.64. The molecule has 1 aromatic carbocycles. The summed E-state index contributed by atoms with van der Waals surface area (Å²) in [7, 11) is 0. The number of alkyl halides is 4. The molecule has 0 aliphatic rings. The average Bonchev–Trinajstić information content (AvgIpc) is 2.39. The third-order valence-corrected chi connectivity index (χ3v) is 3.63. The van der Waals surface area contributed by atoms with E-state index in [-0.39, 0.29) is 34.9 Å². The quantitative estimate of drug-likeness (QED) is 0.462. The van der Waals surface area contributed by atoms with Gasteiger partial charge in [0, 0.05) is 10.8 Å². The lowest BCUT2D eigenvalue weighted by atomic mass is 10.0. The van der Waals surface area contributed by atoms with Gasteiger partial charge in [-0.25, -0.2) is 0 Å². The van der Waals surface area contributed by atoms with Crippen molar-refractivity contribution in [2.24, 2.45) is 0 Å². The number of ether oxygens (including phenoxy) is 1. The van der Waals surface area contributed by atoms with E-state index in [1.165, 1.54) is 12.1 Å². The normalized spacial score (nSPS) is 11.0. The van der Waals surface area contributed by atoms with Gasteiger partial charge in [-0.3, -0.25) is 4.79 Å². The summed E-state index contributed by atoms with van der Waals surface area (Å²) in [6.45, 7) is 1.73. The van der Waals surface area contributed by atoms with E-state index in [0.29, 0.717) is 5.56 Å². The molecule has 1 aromatic rings. The predicted molar refractivity (Wildman–Crippen MR) is 73.0 cm³/mol. The Morgan fingerprint density at radius 3 is 2.52 bits per heavy atom. The number of carbonyl (C=O) groups excluding carboxylic acids is 1. The van der Waals surface area contributed by atoms with Crippen molar-refractivity contribution in [1.82, 2.24) is 0 Å². The number of benzene rings is 1. The molecule has 0 radical (unpaired) electrons. The monoisotopic (exact) mass is 337 g/mol. The second kappa shape index (κ2) is 7.57. The van der Waals surface area contributed by atoms with Gasteiger partial charge in [-0.2, -0.15) is 18.4 Å². The molecule has 0 spiro atoms. The maximum Gasteiger partial charge on any atom is 0.446 e. The molecule has 0 saturated carbocycles. The summed E-state index contributed by atoms with van der Waals surface area (Å²) in [6.07, 6.45) is -0.330. The number of nitrogens with zero attached hydrogens (tertiary/aromatic N) is 1. The van der Waals surface area contributed by atoms with Crippen LogP contribution in [-0.4, -0.2) is 18.1 Å². The highest BCUT2D eigenvalue weighted by atomic mass is 35.5. The zero-order chi connectivity index (χ0) is 16.0. The van der Waals surface area contributed by atoms with Gasteiger partial charge in [0.2, 0.25) is 0 Å². The van der Waals surface area contributed by atoms with Gasteiger partial charge < -0.3 is 4.74 Å². The van der Waals surface area contributed by atoms with Gasteiger partial charge in [-0.1, -0.05) is 12.1 Å². The van der Waals surface area contributed by atoms with E-state index in [9.17, 15) is 18.0 Å². The highest BCUT2D eigenvalue weighted by molar-refractivity contribution is 8.00. The zero-order valence-electron chi connectivity index (χ0n) is 11.0. The maximum absolute atomic E-state index is 12.7. The van der Waals surface area contributed by atoms with Crippen LogP contribution in [0, 0.1) is 11.3 Å². The van der Waals surface area contributed by atoms with Gasteiger partial charge in [0.1, 0.15) is 6.07 Å². The average molecular weight is 338 g/mol. The number of carbonyl (C=O) groups is 1. The smallest absolute Gasteiger partial charge is 0.446 e. The van der Waals surface area contributed by atoms with Crippen LogP contribution in [0.1, 0.15) is 23.6 Å². The molecule has 0 saturated heterocycles. The van der Waals surface area contributed by atoms with Crippen LogP contribution in [0.4, 0.5) is 13.2 Å². The van der Waals surface area contributed by atoms with Crippen molar-refractivity contribution in [3.63, 3.8) is 0 Å². The first-order valence-corrected chi connectivity index (χ1v) is 7.19. The van der Waals surface area contributed by atoms with E-state index in [2.05, 4.69) is 0 Å². The van der Waals surface area contributed by atoms with Crippen molar-refractivity contribution in [3.8, 4) is 6.07 Å². The first kappa shape index (κ1) is 17.7. The second-order valence-electron chi connectivity index (χ2n) is 3.86. The molecule has 0 aliphatic carbocycles. The van der Waals surface area contributed by atoms with Crippen molar-refractivity contribution in [2.45, 2.75) is 29.6 Å². The zero-order valence-corrected chi connectivity index (χ0v) is 12.5. The van der Waals surface area contributed by atoms with Crippen LogP contribution in [0.2, 0.25) is 0 Å². The fourth-order valence-corrected chi connectivity index (χ4v) is 2.64. The van der Waals surface area contributed by atoms with Gasteiger partial charge in [-0.05, 0) is 29.8 Å². The Bertz CT molecular complexity index is 570. The molecule has 0 unspecified atom stereocenters. The number of rotatable bonds is 5. The highest BCUT2D eigenvalue weighted by Crippen LogP contribution is 2.41. The Morgan fingerprint density at radius 2 is 2.05 bits per heavy atom. The Morgan fingerprint density at radius 1 is 1.43 bits per heavy atom. The van der Waals surface area contributed by atoms with E-state index < -0.39 is 23.2 Å². The molecular formula is C13H11ClF3NO2S. The van der Waals surface area contributed by atoms with Crippen LogP contribution < -0.4 is 0 Å². The molecule has 3 nitrogen and oxygen atoms in total. The number of hydrogen-bond donors (Lipinski definition) is 0.